The topological polar surface area (TPSA) is 61.3 Å². The molecular weight excluding hydrogens is 212 g/mol. The van der Waals surface area contributed by atoms with E-state index >= 15 is 0 Å². The Hall–Kier alpha value is -1.06. The highest BCUT2D eigenvalue weighted by Gasteiger charge is 2.48. The molecule has 17 heavy (non-hydrogen) atoms. The summed E-state index contributed by atoms with van der Waals surface area (Å²) in [7, 11) is 1.70. The second-order valence-corrected chi connectivity index (χ2v) is 5.24. The zero-order chi connectivity index (χ0) is 12.6. The summed E-state index contributed by atoms with van der Waals surface area (Å²) in [5, 5.41) is 0. The monoisotopic (exact) mass is 234 g/mol. The second-order valence-electron chi connectivity index (χ2n) is 5.24. The summed E-state index contributed by atoms with van der Waals surface area (Å²) in [4.78, 5) is 0. The fourth-order valence-corrected chi connectivity index (χ4v) is 2.62. The molecule has 0 amide bonds. The first-order chi connectivity index (χ1) is 8.04. The van der Waals surface area contributed by atoms with Crippen molar-refractivity contribution in [3.8, 4) is 5.75 Å². The lowest BCUT2D eigenvalue weighted by Crippen LogP contribution is -2.30. The van der Waals surface area contributed by atoms with E-state index in [-0.39, 0.29) is 11.5 Å². The van der Waals surface area contributed by atoms with E-state index in [1.807, 2.05) is 0 Å². The van der Waals surface area contributed by atoms with E-state index in [4.69, 9.17) is 16.2 Å². The molecule has 4 N–H and O–H groups in total. The van der Waals surface area contributed by atoms with Gasteiger partial charge in [-0.15, -0.1) is 0 Å². The summed E-state index contributed by atoms with van der Waals surface area (Å²) in [5.41, 5.74) is 15.9. The summed E-state index contributed by atoms with van der Waals surface area (Å²) in [5.74, 6) is 0.898. The maximum atomic E-state index is 6.41. The van der Waals surface area contributed by atoms with Crippen LogP contribution >= 0.6 is 0 Å². The van der Waals surface area contributed by atoms with Gasteiger partial charge in [-0.05, 0) is 50.4 Å². The molecule has 1 saturated carbocycles. The lowest BCUT2D eigenvalue weighted by molar-refractivity contribution is 0.374. The highest BCUT2D eigenvalue weighted by atomic mass is 16.5. The van der Waals surface area contributed by atoms with Crippen molar-refractivity contribution in [2.75, 3.05) is 13.7 Å². The van der Waals surface area contributed by atoms with E-state index in [0.717, 1.165) is 24.2 Å². The number of hydrogen-bond donors (Lipinski definition) is 2. The van der Waals surface area contributed by atoms with Crippen molar-refractivity contribution in [2.24, 2.45) is 16.9 Å². The van der Waals surface area contributed by atoms with Gasteiger partial charge in [0.15, 0.2) is 0 Å². The van der Waals surface area contributed by atoms with Crippen molar-refractivity contribution in [3.63, 3.8) is 0 Å². The Kier molecular flexibility index (Phi) is 3.15. The van der Waals surface area contributed by atoms with Gasteiger partial charge in [0.1, 0.15) is 5.75 Å². The zero-order valence-corrected chi connectivity index (χ0v) is 10.9. The van der Waals surface area contributed by atoms with Crippen LogP contribution in [0.2, 0.25) is 0 Å². The first-order valence-electron chi connectivity index (χ1n) is 6.15. The number of aryl methyl sites for hydroxylation is 2. The SMILES string of the molecule is COc1cc(C)cc(C)c1C(N)C1(CN)CC1. The largest absolute Gasteiger partial charge is 0.496 e. The van der Waals surface area contributed by atoms with Gasteiger partial charge >= 0.3 is 0 Å². The molecule has 1 aliphatic carbocycles. The smallest absolute Gasteiger partial charge is 0.124 e. The normalized spacial score (nSPS) is 18.9. The van der Waals surface area contributed by atoms with E-state index in [0.29, 0.717) is 6.54 Å². The summed E-state index contributed by atoms with van der Waals surface area (Å²) >= 11 is 0. The number of methoxy groups -OCH3 is 1. The summed E-state index contributed by atoms with van der Waals surface area (Å²) in [6.45, 7) is 4.82. The van der Waals surface area contributed by atoms with Gasteiger partial charge in [0, 0.05) is 17.0 Å². The molecule has 1 aromatic carbocycles. The van der Waals surface area contributed by atoms with Crippen LogP contribution in [0.15, 0.2) is 12.1 Å². The molecule has 94 valence electrons. The highest BCUT2D eigenvalue weighted by Crippen LogP contribution is 2.54. The lowest BCUT2D eigenvalue weighted by Gasteiger charge is -2.26. The van der Waals surface area contributed by atoms with Crippen LogP contribution in [-0.4, -0.2) is 13.7 Å². The maximum absolute atomic E-state index is 6.41. The van der Waals surface area contributed by atoms with Crippen molar-refractivity contribution in [1.82, 2.24) is 0 Å². The Morgan fingerprint density at radius 1 is 1.35 bits per heavy atom. The van der Waals surface area contributed by atoms with Crippen LogP contribution in [0.25, 0.3) is 0 Å². The van der Waals surface area contributed by atoms with Gasteiger partial charge in [-0.1, -0.05) is 6.07 Å². The van der Waals surface area contributed by atoms with Crippen LogP contribution in [0.4, 0.5) is 0 Å². The predicted octanol–water partition coefficient (Wildman–Crippen LogP) is 2.05. The Morgan fingerprint density at radius 2 is 2.00 bits per heavy atom. The minimum absolute atomic E-state index is 0.0111. The molecule has 0 aliphatic heterocycles. The summed E-state index contributed by atoms with van der Waals surface area (Å²) in [6.07, 6.45) is 2.25. The number of nitrogens with two attached hydrogens (primary N) is 2. The van der Waals surface area contributed by atoms with E-state index in [9.17, 15) is 0 Å². The summed E-state index contributed by atoms with van der Waals surface area (Å²) in [6, 6.07) is 4.20. The van der Waals surface area contributed by atoms with E-state index < -0.39 is 0 Å². The van der Waals surface area contributed by atoms with Crippen LogP contribution in [0.3, 0.4) is 0 Å². The fraction of sp³-hybridized carbons (Fsp3) is 0.571. The number of hydrogen-bond acceptors (Lipinski definition) is 3. The molecule has 0 saturated heterocycles. The van der Waals surface area contributed by atoms with E-state index in [2.05, 4.69) is 26.0 Å². The average molecular weight is 234 g/mol. The number of benzene rings is 1. The third-order valence-electron chi connectivity index (χ3n) is 3.98. The molecule has 0 radical (unpaired) electrons. The van der Waals surface area contributed by atoms with Gasteiger partial charge in [-0.3, -0.25) is 0 Å². The molecule has 1 atom stereocenters. The number of ether oxygens (including phenoxy) is 1. The highest BCUT2D eigenvalue weighted by molar-refractivity contribution is 5.46. The van der Waals surface area contributed by atoms with Crippen LogP contribution in [0.1, 0.15) is 35.6 Å². The average Bonchev–Trinajstić information content (AvgIpc) is 3.08. The molecule has 3 heteroatoms. The molecular formula is C14H22N2O. The molecule has 1 aromatic rings. The van der Waals surface area contributed by atoms with Crippen molar-refractivity contribution >= 4 is 0 Å². The molecule has 1 aliphatic rings. The molecule has 1 unspecified atom stereocenters. The number of rotatable bonds is 4. The van der Waals surface area contributed by atoms with Crippen molar-refractivity contribution in [1.29, 1.82) is 0 Å². The predicted molar refractivity (Wildman–Crippen MR) is 70.1 cm³/mol. The van der Waals surface area contributed by atoms with Crippen LogP contribution in [0, 0.1) is 19.3 Å². The Bertz CT molecular complexity index is 424. The van der Waals surface area contributed by atoms with Crippen LogP contribution in [-0.2, 0) is 0 Å². The second kappa shape index (κ2) is 4.31. The Labute approximate surface area is 103 Å². The van der Waals surface area contributed by atoms with Crippen molar-refractivity contribution < 1.29 is 4.74 Å². The molecule has 0 heterocycles. The van der Waals surface area contributed by atoms with Crippen LogP contribution < -0.4 is 16.2 Å². The van der Waals surface area contributed by atoms with Crippen LogP contribution in [0.5, 0.6) is 5.75 Å². The van der Waals surface area contributed by atoms with Crippen molar-refractivity contribution in [3.05, 3.63) is 28.8 Å². The first-order valence-corrected chi connectivity index (χ1v) is 6.15. The van der Waals surface area contributed by atoms with Gasteiger partial charge in [0.25, 0.3) is 0 Å². The van der Waals surface area contributed by atoms with Gasteiger partial charge in [0.05, 0.1) is 7.11 Å². The zero-order valence-electron chi connectivity index (χ0n) is 10.9. The first kappa shape index (κ1) is 12.4. The van der Waals surface area contributed by atoms with E-state index in [1.54, 1.807) is 7.11 Å². The summed E-state index contributed by atoms with van der Waals surface area (Å²) < 4.78 is 5.47. The Balaban J connectivity index is 2.44. The van der Waals surface area contributed by atoms with Crippen molar-refractivity contribution in [2.45, 2.75) is 32.7 Å². The van der Waals surface area contributed by atoms with Gasteiger partial charge in [-0.25, -0.2) is 0 Å². The minimum Gasteiger partial charge on any atom is -0.496 e. The molecule has 0 aromatic heterocycles. The lowest BCUT2D eigenvalue weighted by atomic mass is 9.87. The third kappa shape index (κ3) is 2.05. The standard InChI is InChI=1S/C14H22N2O/c1-9-6-10(2)12(11(7-9)17-3)13(16)14(8-15)4-5-14/h6-7,13H,4-5,8,15-16H2,1-3H3. The molecule has 3 nitrogen and oxygen atoms in total. The molecule has 2 rings (SSSR count). The fourth-order valence-electron chi connectivity index (χ4n) is 2.62. The quantitative estimate of drug-likeness (QED) is 0.838. The molecule has 0 bridgehead atoms. The Morgan fingerprint density at radius 3 is 2.47 bits per heavy atom. The maximum Gasteiger partial charge on any atom is 0.124 e. The third-order valence-corrected chi connectivity index (χ3v) is 3.98. The van der Waals surface area contributed by atoms with Gasteiger partial charge in [0.2, 0.25) is 0 Å². The molecule has 0 spiro atoms. The van der Waals surface area contributed by atoms with Gasteiger partial charge in [-0.2, -0.15) is 0 Å². The van der Waals surface area contributed by atoms with Gasteiger partial charge < -0.3 is 16.2 Å². The van der Waals surface area contributed by atoms with E-state index in [1.165, 1.54) is 11.1 Å². The minimum atomic E-state index is -0.0111. The molecule has 1 fully saturated rings.